The quantitative estimate of drug-likeness (QED) is 0.729. The Morgan fingerprint density at radius 2 is 1.82 bits per heavy atom. The molecule has 1 heterocycles. The lowest BCUT2D eigenvalue weighted by Crippen LogP contribution is -2.16. The molecule has 3 aromatic rings. The van der Waals surface area contributed by atoms with Crippen molar-refractivity contribution < 1.29 is 13.2 Å². The molecule has 0 amide bonds. The van der Waals surface area contributed by atoms with Crippen molar-refractivity contribution in [3.05, 3.63) is 59.4 Å². The van der Waals surface area contributed by atoms with Gasteiger partial charge in [-0.05, 0) is 16.3 Å². The summed E-state index contributed by atoms with van der Waals surface area (Å²) in [4.78, 5) is 0. The van der Waals surface area contributed by atoms with E-state index >= 15 is 0 Å². The average molecular weight is 302 g/mol. The number of hydrogen-bond donors (Lipinski definition) is 0. The van der Waals surface area contributed by atoms with Crippen LogP contribution in [0.25, 0.3) is 10.8 Å². The molecule has 0 aliphatic rings. The highest BCUT2D eigenvalue weighted by atomic mass is 19.4. The first-order valence-corrected chi connectivity index (χ1v) is 6.38. The SMILES string of the molecule is N#Cc1nnn(Cc2cccc3ccccc23)c1C(F)(F)F. The number of rotatable bonds is 2. The number of aromatic nitrogens is 3. The molecule has 110 valence electrons. The van der Waals surface area contributed by atoms with E-state index in [9.17, 15) is 13.2 Å². The minimum Gasteiger partial charge on any atom is -0.234 e. The van der Waals surface area contributed by atoms with E-state index in [1.807, 2.05) is 30.3 Å². The zero-order valence-corrected chi connectivity index (χ0v) is 11.2. The Kier molecular flexibility index (Phi) is 3.29. The van der Waals surface area contributed by atoms with E-state index in [-0.39, 0.29) is 6.54 Å². The summed E-state index contributed by atoms with van der Waals surface area (Å²) in [6.07, 6.45) is -4.68. The number of alkyl halides is 3. The molecule has 4 nitrogen and oxygen atoms in total. The summed E-state index contributed by atoms with van der Waals surface area (Å²) in [6.45, 7) is -0.106. The fourth-order valence-electron chi connectivity index (χ4n) is 2.37. The van der Waals surface area contributed by atoms with Crippen molar-refractivity contribution >= 4 is 10.8 Å². The molecule has 0 radical (unpaired) electrons. The zero-order valence-electron chi connectivity index (χ0n) is 11.2. The smallest absolute Gasteiger partial charge is 0.234 e. The van der Waals surface area contributed by atoms with Crippen LogP contribution >= 0.6 is 0 Å². The number of fused-ring (bicyclic) bond motifs is 1. The van der Waals surface area contributed by atoms with Gasteiger partial charge in [0, 0.05) is 0 Å². The van der Waals surface area contributed by atoms with Gasteiger partial charge in [0.2, 0.25) is 0 Å². The minimum absolute atomic E-state index is 0.106. The number of halogens is 3. The number of hydrogen-bond acceptors (Lipinski definition) is 3. The van der Waals surface area contributed by atoms with E-state index in [4.69, 9.17) is 5.26 Å². The maximum absolute atomic E-state index is 13.1. The molecule has 0 atom stereocenters. The average Bonchev–Trinajstić information content (AvgIpc) is 2.90. The van der Waals surface area contributed by atoms with Crippen molar-refractivity contribution in [2.24, 2.45) is 0 Å². The van der Waals surface area contributed by atoms with Gasteiger partial charge in [-0.3, -0.25) is 0 Å². The summed E-state index contributed by atoms with van der Waals surface area (Å²) < 4.78 is 40.0. The highest BCUT2D eigenvalue weighted by Crippen LogP contribution is 2.31. The van der Waals surface area contributed by atoms with Gasteiger partial charge in [-0.1, -0.05) is 47.7 Å². The Labute approximate surface area is 123 Å². The maximum Gasteiger partial charge on any atom is 0.436 e. The molecule has 0 aliphatic heterocycles. The van der Waals surface area contributed by atoms with Gasteiger partial charge in [-0.2, -0.15) is 18.4 Å². The predicted octanol–water partition coefficient (Wildman–Crippen LogP) is 3.37. The van der Waals surface area contributed by atoms with Gasteiger partial charge in [0.1, 0.15) is 6.07 Å². The second-order valence-corrected chi connectivity index (χ2v) is 4.69. The first kappa shape index (κ1) is 14.1. The van der Waals surface area contributed by atoms with Gasteiger partial charge >= 0.3 is 6.18 Å². The van der Waals surface area contributed by atoms with E-state index < -0.39 is 17.6 Å². The number of nitriles is 1. The number of benzene rings is 2. The maximum atomic E-state index is 13.1. The second-order valence-electron chi connectivity index (χ2n) is 4.69. The van der Waals surface area contributed by atoms with Gasteiger partial charge in [0.25, 0.3) is 0 Å². The predicted molar refractivity (Wildman–Crippen MR) is 72.8 cm³/mol. The Morgan fingerprint density at radius 1 is 1.09 bits per heavy atom. The van der Waals surface area contributed by atoms with Crippen LogP contribution in [-0.4, -0.2) is 15.0 Å². The van der Waals surface area contributed by atoms with Crippen LogP contribution in [0, 0.1) is 11.3 Å². The van der Waals surface area contributed by atoms with E-state index in [0.29, 0.717) is 5.56 Å². The summed E-state index contributed by atoms with van der Waals surface area (Å²) in [5.74, 6) is 0. The zero-order chi connectivity index (χ0) is 15.7. The molecule has 0 N–H and O–H groups in total. The summed E-state index contributed by atoms with van der Waals surface area (Å²) >= 11 is 0. The summed E-state index contributed by atoms with van der Waals surface area (Å²) in [7, 11) is 0. The second kappa shape index (κ2) is 5.15. The third-order valence-corrected chi connectivity index (χ3v) is 3.31. The topological polar surface area (TPSA) is 54.5 Å². The lowest BCUT2D eigenvalue weighted by Gasteiger charge is -2.11. The van der Waals surface area contributed by atoms with Gasteiger partial charge in [-0.15, -0.1) is 5.10 Å². The van der Waals surface area contributed by atoms with Crippen molar-refractivity contribution in [1.29, 1.82) is 5.26 Å². The summed E-state index contributed by atoms with van der Waals surface area (Å²) in [6, 6.07) is 14.2. The van der Waals surface area contributed by atoms with E-state index in [1.54, 1.807) is 12.1 Å². The van der Waals surface area contributed by atoms with E-state index in [1.165, 1.54) is 6.07 Å². The Morgan fingerprint density at radius 3 is 2.55 bits per heavy atom. The first-order chi connectivity index (χ1) is 10.5. The molecular formula is C15H9F3N4. The Bertz CT molecular complexity index is 869. The van der Waals surface area contributed by atoms with Gasteiger partial charge in [-0.25, -0.2) is 4.68 Å². The van der Waals surface area contributed by atoms with Crippen molar-refractivity contribution in [2.45, 2.75) is 12.7 Å². The monoisotopic (exact) mass is 302 g/mol. The summed E-state index contributed by atoms with van der Waals surface area (Å²) in [5.41, 5.74) is -1.16. The highest BCUT2D eigenvalue weighted by Gasteiger charge is 2.39. The van der Waals surface area contributed by atoms with Crippen LogP contribution < -0.4 is 0 Å². The highest BCUT2D eigenvalue weighted by molar-refractivity contribution is 5.85. The molecule has 0 bridgehead atoms. The third kappa shape index (κ3) is 2.39. The van der Waals surface area contributed by atoms with Crippen LogP contribution in [0.2, 0.25) is 0 Å². The summed E-state index contributed by atoms with van der Waals surface area (Å²) in [5, 5.41) is 17.3. The molecule has 22 heavy (non-hydrogen) atoms. The van der Waals surface area contributed by atoms with Crippen molar-refractivity contribution in [2.75, 3.05) is 0 Å². The largest absolute Gasteiger partial charge is 0.436 e. The lowest BCUT2D eigenvalue weighted by molar-refractivity contribution is -0.144. The van der Waals surface area contributed by atoms with Crippen LogP contribution in [0.15, 0.2) is 42.5 Å². The lowest BCUT2D eigenvalue weighted by atomic mass is 10.0. The molecule has 7 heteroatoms. The van der Waals surface area contributed by atoms with Crippen molar-refractivity contribution in [1.82, 2.24) is 15.0 Å². The van der Waals surface area contributed by atoms with Crippen LogP contribution in [-0.2, 0) is 12.7 Å². The Balaban J connectivity index is 2.11. The first-order valence-electron chi connectivity index (χ1n) is 6.38. The van der Waals surface area contributed by atoms with Gasteiger partial charge in [0.15, 0.2) is 11.4 Å². The standard InChI is InChI=1S/C15H9F3N4/c16-15(17,18)14-13(8-19)20-21-22(14)9-11-6-3-5-10-4-1-2-7-12(10)11/h1-7H,9H2. The van der Waals surface area contributed by atoms with Crippen LogP contribution in [0.1, 0.15) is 17.0 Å². The van der Waals surface area contributed by atoms with Crippen LogP contribution in [0.3, 0.4) is 0 Å². The van der Waals surface area contributed by atoms with Gasteiger partial charge < -0.3 is 0 Å². The molecule has 0 saturated carbocycles. The molecule has 0 spiro atoms. The molecule has 0 fully saturated rings. The van der Waals surface area contributed by atoms with Gasteiger partial charge in [0.05, 0.1) is 6.54 Å². The number of nitrogens with zero attached hydrogens (tertiary/aromatic N) is 4. The van der Waals surface area contributed by atoms with Crippen LogP contribution in [0.5, 0.6) is 0 Å². The molecule has 0 saturated heterocycles. The fourth-order valence-corrected chi connectivity index (χ4v) is 2.37. The molecule has 0 aliphatic carbocycles. The molecule has 2 aromatic carbocycles. The fraction of sp³-hybridized carbons (Fsp3) is 0.133. The third-order valence-electron chi connectivity index (χ3n) is 3.31. The molecule has 3 rings (SSSR count). The molecular weight excluding hydrogens is 293 g/mol. The van der Waals surface area contributed by atoms with E-state index in [0.717, 1.165) is 15.5 Å². The van der Waals surface area contributed by atoms with Crippen molar-refractivity contribution in [3.63, 3.8) is 0 Å². The minimum atomic E-state index is -4.68. The van der Waals surface area contributed by atoms with Crippen molar-refractivity contribution in [3.8, 4) is 6.07 Å². The Hall–Kier alpha value is -2.88. The molecule has 0 unspecified atom stereocenters. The van der Waals surface area contributed by atoms with E-state index in [2.05, 4.69) is 10.3 Å². The van der Waals surface area contributed by atoms with Crippen LogP contribution in [0.4, 0.5) is 13.2 Å². The normalized spacial score (nSPS) is 11.5. The molecule has 1 aromatic heterocycles.